The van der Waals surface area contributed by atoms with Gasteiger partial charge < -0.3 is 20.3 Å². The smallest absolute Gasteiger partial charge is 0.305 e. The molecular formula is C79H153NO5. The number of unbranched alkanes of at least 4 members (excludes halogenated alkanes) is 61. The lowest BCUT2D eigenvalue weighted by Crippen LogP contribution is -2.45. The lowest BCUT2D eigenvalue weighted by Gasteiger charge is -2.20. The molecule has 2 unspecified atom stereocenters. The van der Waals surface area contributed by atoms with Crippen molar-refractivity contribution in [2.75, 3.05) is 13.2 Å². The summed E-state index contributed by atoms with van der Waals surface area (Å²) in [5.74, 6) is -0.0407. The van der Waals surface area contributed by atoms with Crippen molar-refractivity contribution in [1.29, 1.82) is 0 Å². The molecule has 3 N–H and O–H groups in total. The van der Waals surface area contributed by atoms with Gasteiger partial charge in [-0.2, -0.15) is 0 Å². The third-order valence-corrected chi connectivity index (χ3v) is 18.5. The Kier molecular flexibility index (Phi) is 73.3. The van der Waals surface area contributed by atoms with Crippen molar-refractivity contribution in [1.82, 2.24) is 5.32 Å². The van der Waals surface area contributed by atoms with Crippen LogP contribution in [-0.2, 0) is 14.3 Å². The Morgan fingerprint density at radius 3 is 0.835 bits per heavy atom. The zero-order valence-electron chi connectivity index (χ0n) is 57.9. The number of amides is 1. The van der Waals surface area contributed by atoms with Crippen LogP contribution in [0.2, 0.25) is 0 Å². The third-order valence-electron chi connectivity index (χ3n) is 18.5. The highest BCUT2D eigenvalue weighted by Gasteiger charge is 2.18. The second-order valence-electron chi connectivity index (χ2n) is 27.0. The van der Waals surface area contributed by atoms with E-state index in [1.54, 1.807) is 6.08 Å². The molecule has 0 radical (unpaired) electrons. The number of hydrogen-bond donors (Lipinski definition) is 3. The Morgan fingerprint density at radius 2 is 0.553 bits per heavy atom. The van der Waals surface area contributed by atoms with Crippen LogP contribution in [0.1, 0.15) is 444 Å². The van der Waals surface area contributed by atoms with Crippen LogP contribution in [0.15, 0.2) is 24.3 Å². The van der Waals surface area contributed by atoms with Crippen LogP contribution in [0.4, 0.5) is 0 Å². The lowest BCUT2D eigenvalue weighted by molar-refractivity contribution is -0.143. The molecule has 0 aromatic carbocycles. The first-order chi connectivity index (χ1) is 42.0. The summed E-state index contributed by atoms with van der Waals surface area (Å²) < 4.78 is 5.50. The predicted octanol–water partition coefficient (Wildman–Crippen LogP) is 25.7. The van der Waals surface area contributed by atoms with Gasteiger partial charge in [0.2, 0.25) is 5.91 Å². The molecule has 0 spiro atoms. The molecule has 85 heavy (non-hydrogen) atoms. The molecule has 0 heterocycles. The number of allylic oxidation sites excluding steroid dienone is 3. The van der Waals surface area contributed by atoms with E-state index in [1.807, 2.05) is 6.08 Å². The highest BCUT2D eigenvalue weighted by Crippen LogP contribution is 2.20. The van der Waals surface area contributed by atoms with Gasteiger partial charge in [-0.3, -0.25) is 9.59 Å². The molecule has 1 amide bonds. The Balaban J connectivity index is 3.38. The van der Waals surface area contributed by atoms with Gasteiger partial charge >= 0.3 is 5.97 Å². The molecule has 2 atom stereocenters. The zero-order chi connectivity index (χ0) is 61.3. The lowest BCUT2D eigenvalue weighted by atomic mass is 10.0. The van der Waals surface area contributed by atoms with E-state index in [-0.39, 0.29) is 18.5 Å². The van der Waals surface area contributed by atoms with Gasteiger partial charge in [-0.15, -0.1) is 0 Å². The van der Waals surface area contributed by atoms with Gasteiger partial charge in [0.1, 0.15) is 0 Å². The quantitative estimate of drug-likeness (QED) is 0.0320. The monoisotopic (exact) mass is 1200 g/mol. The van der Waals surface area contributed by atoms with Gasteiger partial charge in [0.05, 0.1) is 25.4 Å². The minimum Gasteiger partial charge on any atom is -0.466 e. The van der Waals surface area contributed by atoms with Crippen LogP contribution in [0.5, 0.6) is 0 Å². The van der Waals surface area contributed by atoms with Crippen molar-refractivity contribution in [3.8, 4) is 0 Å². The normalized spacial score (nSPS) is 12.6. The maximum Gasteiger partial charge on any atom is 0.305 e. The summed E-state index contributed by atoms with van der Waals surface area (Å²) in [4.78, 5) is 24.6. The van der Waals surface area contributed by atoms with E-state index in [2.05, 4.69) is 31.3 Å². The summed E-state index contributed by atoms with van der Waals surface area (Å²) in [6, 6.07) is -0.628. The summed E-state index contributed by atoms with van der Waals surface area (Å²) in [6.07, 6.45) is 95.8. The van der Waals surface area contributed by atoms with Gasteiger partial charge in [-0.1, -0.05) is 398 Å². The van der Waals surface area contributed by atoms with Gasteiger partial charge in [0.15, 0.2) is 0 Å². The van der Waals surface area contributed by atoms with Crippen LogP contribution < -0.4 is 5.32 Å². The van der Waals surface area contributed by atoms with E-state index in [9.17, 15) is 19.8 Å². The number of ether oxygens (including phenoxy) is 1. The van der Waals surface area contributed by atoms with E-state index in [4.69, 9.17) is 4.74 Å². The van der Waals surface area contributed by atoms with Crippen molar-refractivity contribution < 1.29 is 24.5 Å². The van der Waals surface area contributed by atoms with Crippen molar-refractivity contribution in [2.24, 2.45) is 0 Å². The standard InChI is InChI=1S/C79H153NO5/c1-3-5-7-9-11-13-15-17-19-20-21-22-31-34-37-40-44-47-51-55-59-63-67-71-77(82)76(75-81)80-78(83)72-68-64-60-56-52-48-45-41-38-35-32-29-27-25-23-24-26-28-30-33-36-39-42-46-50-54-58-62-66-70-74-85-79(84)73-69-65-61-57-53-49-43-18-16-14-12-10-8-6-4-2/h24,26,67,71,76-77,81-82H,3-23,25,27-66,68-70,72-75H2,1-2H3,(H,80,83)/b26-24-,71-67+. The van der Waals surface area contributed by atoms with E-state index >= 15 is 0 Å². The molecule has 0 rings (SSSR count). The van der Waals surface area contributed by atoms with Gasteiger partial charge in [0.25, 0.3) is 0 Å². The maximum absolute atomic E-state index is 12.5. The molecule has 0 saturated heterocycles. The number of hydrogen-bond acceptors (Lipinski definition) is 5. The van der Waals surface area contributed by atoms with Crippen LogP contribution in [0.3, 0.4) is 0 Å². The SMILES string of the molecule is CCCCCCCCCCCCCCCCCCCCCCC/C=C/C(O)C(CO)NC(=O)CCCCCCCCCCCCCCCC/C=C\CCCCCCCCCCCCCCOC(=O)CCCCCCCCCCCCCCCCC. The van der Waals surface area contributed by atoms with Gasteiger partial charge in [-0.05, 0) is 57.8 Å². The van der Waals surface area contributed by atoms with E-state index in [0.717, 1.165) is 38.5 Å². The second-order valence-corrected chi connectivity index (χ2v) is 27.0. The summed E-state index contributed by atoms with van der Waals surface area (Å²) in [6.45, 7) is 4.96. The van der Waals surface area contributed by atoms with Crippen molar-refractivity contribution in [3.63, 3.8) is 0 Å². The Bertz CT molecular complexity index is 1330. The molecule has 0 aromatic heterocycles. The Morgan fingerprint density at radius 1 is 0.318 bits per heavy atom. The van der Waals surface area contributed by atoms with Crippen LogP contribution in [0.25, 0.3) is 0 Å². The molecule has 0 bridgehead atoms. The molecule has 0 aliphatic rings. The maximum atomic E-state index is 12.5. The van der Waals surface area contributed by atoms with Crippen molar-refractivity contribution in [3.05, 3.63) is 24.3 Å². The van der Waals surface area contributed by atoms with Crippen LogP contribution in [0, 0.1) is 0 Å². The highest BCUT2D eigenvalue weighted by molar-refractivity contribution is 5.76. The number of aliphatic hydroxyl groups is 2. The molecule has 6 heteroatoms. The van der Waals surface area contributed by atoms with Crippen LogP contribution in [-0.4, -0.2) is 47.4 Å². The zero-order valence-corrected chi connectivity index (χ0v) is 57.9. The molecular weight excluding hydrogens is 1040 g/mol. The van der Waals surface area contributed by atoms with Gasteiger partial charge in [0, 0.05) is 12.8 Å². The fourth-order valence-corrected chi connectivity index (χ4v) is 12.5. The summed E-state index contributed by atoms with van der Waals surface area (Å²) in [5.41, 5.74) is 0. The minimum absolute atomic E-state index is 0.0207. The molecule has 504 valence electrons. The molecule has 0 aliphatic carbocycles. The van der Waals surface area contributed by atoms with Gasteiger partial charge in [-0.25, -0.2) is 0 Å². The summed E-state index contributed by atoms with van der Waals surface area (Å²) in [7, 11) is 0. The first-order valence-electron chi connectivity index (χ1n) is 39.1. The topological polar surface area (TPSA) is 95.9 Å². The number of aliphatic hydroxyl groups excluding tert-OH is 2. The Labute approximate surface area is 532 Å². The fraction of sp³-hybridized carbons (Fsp3) is 0.924. The fourth-order valence-electron chi connectivity index (χ4n) is 12.5. The molecule has 0 aliphatic heterocycles. The minimum atomic E-state index is -0.845. The van der Waals surface area contributed by atoms with Crippen molar-refractivity contribution in [2.45, 2.75) is 456 Å². The number of carbonyl (C=O) groups is 2. The first kappa shape index (κ1) is 83.3. The molecule has 0 aromatic rings. The largest absolute Gasteiger partial charge is 0.466 e. The van der Waals surface area contributed by atoms with E-state index in [0.29, 0.717) is 19.4 Å². The second kappa shape index (κ2) is 74.8. The highest BCUT2D eigenvalue weighted by atomic mass is 16.5. The molecule has 0 saturated carbocycles. The number of nitrogens with one attached hydrogen (secondary N) is 1. The van der Waals surface area contributed by atoms with E-state index in [1.165, 1.54) is 379 Å². The average Bonchev–Trinajstić information content (AvgIpc) is 3.52. The third kappa shape index (κ3) is 71.3. The van der Waals surface area contributed by atoms with E-state index < -0.39 is 12.1 Å². The number of carbonyl (C=O) groups excluding carboxylic acids is 2. The average molecular weight is 1200 g/mol. The molecule has 6 nitrogen and oxygen atoms in total. The van der Waals surface area contributed by atoms with Crippen LogP contribution >= 0.6 is 0 Å². The Hall–Kier alpha value is -1.66. The molecule has 0 fully saturated rings. The predicted molar refractivity (Wildman–Crippen MR) is 375 cm³/mol. The summed E-state index contributed by atoms with van der Waals surface area (Å²) >= 11 is 0. The summed E-state index contributed by atoms with van der Waals surface area (Å²) in [5, 5.41) is 23.3. The van der Waals surface area contributed by atoms with Crippen molar-refractivity contribution >= 4 is 11.9 Å². The first-order valence-corrected chi connectivity index (χ1v) is 39.1. The number of esters is 1. The number of rotatable bonds is 74.